The molecule has 0 saturated heterocycles. The molecule has 0 atom stereocenters. The molecule has 0 bridgehead atoms. The van der Waals surface area contributed by atoms with E-state index >= 15 is 0 Å². The van der Waals surface area contributed by atoms with E-state index in [1.54, 1.807) is 6.92 Å². The number of hydrogen-bond donors (Lipinski definition) is 1. The van der Waals surface area contributed by atoms with Crippen LogP contribution in [0.3, 0.4) is 0 Å². The Kier molecular flexibility index (Phi) is 5.44. The molecule has 1 N–H and O–H groups in total. The van der Waals surface area contributed by atoms with Crippen molar-refractivity contribution in [2.24, 2.45) is 0 Å². The first kappa shape index (κ1) is 15.6. The number of rotatable bonds is 6. The van der Waals surface area contributed by atoms with Gasteiger partial charge in [0.25, 0.3) is 0 Å². The molecule has 1 rings (SSSR count). The van der Waals surface area contributed by atoms with Crippen LogP contribution >= 0.6 is 11.6 Å². The first-order valence-electron chi connectivity index (χ1n) is 5.37. The molecule has 8 heteroatoms. The fraction of sp³-hybridized carbons (Fsp3) is 0.364. The van der Waals surface area contributed by atoms with Gasteiger partial charge in [-0.05, 0) is 25.1 Å². The predicted octanol–water partition coefficient (Wildman–Crippen LogP) is 1.65. The molecule has 0 amide bonds. The molecule has 106 valence electrons. The number of benzene rings is 1. The predicted molar refractivity (Wildman–Crippen MR) is 72.0 cm³/mol. The van der Waals surface area contributed by atoms with Gasteiger partial charge < -0.3 is 9.47 Å². The SMILES string of the molecule is CCOC(=O)COc1ccc(NS(C)(=O)=O)cc1Cl. The number of esters is 1. The van der Waals surface area contributed by atoms with Gasteiger partial charge in [0.15, 0.2) is 6.61 Å². The number of nitrogens with one attached hydrogen (secondary N) is 1. The molecule has 1 aromatic carbocycles. The Bertz CT molecular complexity index is 558. The van der Waals surface area contributed by atoms with Crippen LogP contribution in [0.25, 0.3) is 0 Å². The molecule has 1 aromatic rings. The van der Waals surface area contributed by atoms with Gasteiger partial charge in [-0.25, -0.2) is 13.2 Å². The molecule has 19 heavy (non-hydrogen) atoms. The standard InChI is InChI=1S/C11H14ClNO5S/c1-3-17-11(14)7-18-10-5-4-8(6-9(10)12)13-19(2,15)16/h4-6,13H,3,7H2,1-2H3. The second-order valence-electron chi connectivity index (χ2n) is 3.61. The van der Waals surface area contributed by atoms with Crippen molar-refractivity contribution in [3.05, 3.63) is 23.2 Å². The summed E-state index contributed by atoms with van der Waals surface area (Å²) in [5.41, 5.74) is 0.316. The van der Waals surface area contributed by atoms with Crippen molar-refractivity contribution in [2.45, 2.75) is 6.92 Å². The Morgan fingerprint density at radius 1 is 1.42 bits per heavy atom. The quantitative estimate of drug-likeness (QED) is 0.808. The highest BCUT2D eigenvalue weighted by Gasteiger charge is 2.09. The molecule has 0 fully saturated rings. The summed E-state index contributed by atoms with van der Waals surface area (Å²) >= 11 is 5.91. The van der Waals surface area contributed by atoms with Crippen LogP contribution in [0.2, 0.25) is 5.02 Å². The van der Waals surface area contributed by atoms with Gasteiger partial charge in [-0.1, -0.05) is 11.6 Å². The molecule has 0 aliphatic rings. The van der Waals surface area contributed by atoms with Crippen molar-refractivity contribution in [3.8, 4) is 5.75 Å². The molecule has 0 unspecified atom stereocenters. The normalized spacial score (nSPS) is 10.9. The maximum Gasteiger partial charge on any atom is 0.344 e. The van der Waals surface area contributed by atoms with Gasteiger partial charge in [0.2, 0.25) is 10.0 Å². The Morgan fingerprint density at radius 2 is 2.11 bits per heavy atom. The summed E-state index contributed by atoms with van der Waals surface area (Å²) in [6.07, 6.45) is 1.03. The first-order valence-corrected chi connectivity index (χ1v) is 7.64. The summed E-state index contributed by atoms with van der Waals surface area (Å²) in [5, 5.41) is 0.193. The molecular weight excluding hydrogens is 294 g/mol. The van der Waals surface area contributed by atoms with Gasteiger partial charge in [0.1, 0.15) is 5.75 Å². The zero-order chi connectivity index (χ0) is 14.5. The zero-order valence-electron chi connectivity index (χ0n) is 10.5. The van der Waals surface area contributed by atoms with Crippen LogP contribution in [0.4, 0.5) is 5.69 Å². The number of ether oxygens (including phenoxy) is 2. The van der Waals surface area contributed by atoms with Crippen molar-refractivity contribution in [1.29, 1.82) is 0 Å². The highest BCUT2D eigenvalue weighted by molar-refractivity contribution is 7.92. The maximum absolute atomic E-state index is 11.1. The van der Waals surface area contributed by atoms with Gasteiger partial charge in [-0.3, -0.25) is 4.72 Å². The van der Waals surface area contributed by atoms with E-state index in [-0.39, 0.29) is 24.0 Å². The summed E-state index contributed by atoms with van der Waals surface area (Å²) in [6.45, 7) is 1.70. The molecule has 0 radical (unpaired) electrons. The second-order valence-corrected chi connectivity index (χ2v) is 5.77. The highest BCUT2D eigenvalue weighted by atomic mass is 35.5. The smallest absolute Gasteiger partial charge is 0.344 e. The molecule has 0 heterocycles. The molecular formula is C11H14ClNO5S. The number of sulfonamides is 1. The van der Waals surface area contributed by atoms with Crippen LogP contribution in [-0.4, -0.2) is 33.9 Å². The minimum Gasteiger partial charge on any atom is -0.480 e. The second kappa shape index (κ2) is 6.63. The molecule has 0 aliphatic carbocycles. The number of carbonyl (C=O) groups excluding carboxylic acids is 1. The first-order chi connectivity index (χ1) is 8.81. The van der Waals surface area contributed by atoms with E-state index in [4.69, 9.17) is 21.1 Å². The summed E-state index contributed by atoms with van der Waals surface area (Å²) in [7, 11) is -3.36. The van der Waals surface area contributed by atoms with Crippen LogP contribution in [0.15, 0.2) is 18.2 Å². The Labute approximate surface area is 116 Å². The fourth-order valence-corrected chi connectivity index (χ4v) is 2.03. The van der Waals surface area contributed by atoms with Gasteiger partial charge in [-0.2, -0.15) is 0 Å². The van der Waals surface area contributed by atoms with Crippen molar-refractivity contribution >= 4 is 33.3 Å². The molecule has 0 aromatic heterocycles. The largest absolute Gasteiger partial charge is 0.480 e. The number of anilines is 1. The molecule has 0 aliphatic heterocycles. The summed E-state index contributed by atoms with van der Waals surface area (Å²) in [4.78, 5) is 11.1. The zero-order valence-corrected chi connectivity index (χ0v) is 12.0. The molecule has 6 nitrogen and oxygen atoms in total. The summed E-state index contributed by atoms with van der Waals surface area (Å²) < 4.78 is 34.2. The minimum absolute atomic E-state index is 0.193. The van der Waals surface area contributed by atoms with Crippen molar-refractivity contribution in [2.75, 3.05) is 24.2 Å². The monoisotopic (exact) mass is 307 g/mol. The van der Waals surface area contributed by atoms with Crippen molar-refractivity contribution in [3.63, 3.8) is 0 Å². The van der Waals surface area contributed by atoms with E-state index < -0.39 is 16.0 Å². The fourth-order valence-electron chi connectivity index (χ4n) is 1.23. The van der Waals surface area contributed by atoms with E-state index in [9.17, 15) is 13.2 Å². The Hall–Kier alpha value is -1.47. The topological polar surface area (TPSA) is 81.7 Å². The lowest BCUT2D eigenvalue weighted by molar-refractivity contribution is -0.145. The van der Waals surface area contributed by atoms with E-state index in [1.807, 2.05) is 0 Å². The van der Waals surface area contributed by atoms with Gasteiger partial charge in [-0.15, -0.1) is 0 Å². The van der Waals surface area contributed by atoms with Gasteiger partial charge in [0.05, 0.1) is 23.6 Å². The van der Waals surface area contributed by atoms with Gasteiger partial charge >= 0.3 is 5.97 Å². The van der Waals surface area contributed by atoms with E-state index in [0.29, 0.717) is 5.69 Å². The van der Waals surface area contributed by atoms with Crippen LogP contribution in [-0.2, 0) is 19.6 Å². The summed E-state index contributed by atoms with van der Waals surface area (Å²) in [6, 6.07) is 4.34. The van der Waals surface area contributed by atoms with E-state index in [1.165, 1.54) is 18.2 Å². The van der Waals surface area contributed by atoms with Crippen LogP contribution in [0, 0.1) is 0 Å². The minimum atomic E-state index is -3.36. The lowest BCUT2D eigenvalue weighted by Crippen LogP contribution is -2.14. The van der Waals surface area contributed by atoms with Gasteiger partial charge in [0, 0.05) is 0 Å². The highest BCUT2D eigenvalue weighted by Crippen LogP contribution is 2.28. The lowest BCUT2D eigenvalue weighted by Gasteiger charge is -2.09. The lowest BCUT2D eigenvalue weighted by atomic mass is 10.3. The average Bonchev–Trinajstić information content (AvgIpc) is 2.26. The molecule has 0 spiro atoms. The third-order valence-corrected chi connectivity index (χ3v) is 2.79. The van der Waals surface area contributed by atoms with Crippen molar-refractivity contribution < 1.29 is 22.7 Å². The molecule has 0 saturated carbocycles. The van der Waals surface area contributed by atoms with Crippen LogP contribution in [0.5, 0.6) is 5.75 Å². The van der Waals surface area contributed by atoms with E-state index in [2.05, 4.69) is 4.72 Å². The summed E-state index contributed by atoms with van der Waals surface area (Å²) in [5.74, 6) is -0.231. The Balaban J connectivity index is 2.70. The Morgan fingerprint density at radius 3 is 2.63 bits per heavy atom. The van der Waals surface area contributed by atoms with Crippen LogP contribution < -0.4 is 9.46 Å². The third-order valence-electron chi connectivity index (χ3n) is 1.89. The maximum atomic E-state index is 11.1. The van der Waals surface area contributed by atoms with Crippen LogP contribution in [0.1, 0.15) is 6.92 Å². The third kappa shape index (κ3) is 5.80. The van der Waals surface area contributed by atoms with Crippen molar-refractivity contribution in [1.82, 2.24) is 0 Å². The average molecular weight is 308 g/mol. The number of carbonyl (C=O) groups is 1. The number of hydrogen-bond acceptors (Lipinski definition) is 5. The van der Waals surface area contributed by atoms with E-state index in [0.717, 1.165) is 6.26 Å². The number of halogens is 1.